The lowest BCUT2D eigenvalue weighted by molar-refractivity contribution is 0.433. The van der Waals surface area contributed by atoms with Gasteiger partial charge in [-0.25, -0.2) is 0 Å². The average Bonchev–Trinajstić information content (AvgIpc) is 2.80. The number of furan rings is 1. The van der Waals surface area contributed by atoms with Crippen LogP contribution in [-0.4, -0.2) is 12.0 Å². The Balaban J connectivity index is 2.29. The molecule has 1 N–H and O–H groups in total. The predicted octanol–water partition coefficient (Wildman–Crippen LogP) is 2.55. The molecule has 0 radical (unpaired) electrons. The van der Waals surface area contributed by atoms with E-state index >= 15 is 0 Å². The van der Waals surface area contributed by atoms with Crippen LogP contribution in [0.1, 0.15) is 30.0 Å². The highest BCUT2D eigenvalue weighted by atomic mass is 16.3. The number of hydrogen-bond donors (Lipinski definition) is 1. The summed E-state index contributed by atoms with van der Waals surface area (Å²) in [6.07, 6.45) is 4.55. The van der Waals surface area contributed by atoms with Gasteiger partial charge in [0, 0.05) is 18.8 Å². The van der Waals surface area contributed by atoms with Crippen LogP contribution < -0.4 is 5.32 Å². The third-order valence-corrected chi connectivity index (χ3v) is 2.62. The van der Waals surface area contributed by atoms with Crippen LogP contribution in [0.3, 0.4) is 0 Å². The molecule has 2 rings (SSSR count). The zero-order valence-electron chi connectivity index (χ0n) is 9.60. The number of aromatic nitrogens is 1. The van der Waals surface area contributed by atoms with Crippen molar-refractivity contribution in [3.05, 3.63) is 53.7 Å². The zero-order chi connectivity index (χ0) is 11.4. The highest BCUT2D eigenvalue weighted by Crippen LogP contribution is 2.23. The number of hydrogen-bond acceptors (Lipinski definition) is 3. The van der Waals surface area contributed by atoms with E-state index in [2.05, 4.69) is 17.2 Å². The molecule has 2 heterocycles. The largest absolute Gasteiger partial charge is 0.464 e. The maximum absolute atomic E-state index is 5.75. The number of rotatable bonds is 4. The first-order valence-corrected chi connectivity index (χ1v) is 5.51. The fourth-order valence-corrected chi connectivity index (χ4v) is 1.76. The molecular formula is C13H16N2O. The Hall–Kier alpha value is -1.61. The number of nitrogens with zero attached hydrogens (tertiary/aromatic N) is 1. The van der Waals surface area contributed by atoms with Crippen molar-refractivity contribution in [2.24, 2.45) is 0 Å². The predicted molar refractivity (Wildman–Crippen MR) is 63.2 cm³/mol. The lowest BCUT2D eigenvalue weighted by atomic mass is 10.1. The Labute approximate surface area is 95.5 Å². The SMILES string of the molecule is CCc1ccc(C(NC)c2cccnc2)o1. The highest BCUT2D eigenvalue weighted by molar-refractivity contribution is 5.24. The van der Waals surface area contributed by atoms with Gasteiger partial charge >= 0.3 is 0 Å². The Bertz CT molecular complexity index is 436. The van der Waals surface area contributed by atoms with Gasteiger partial charge in [-0.1, -0.05) is 13.0 Å². The third kappa shape index (κ3) is 2.14. The van der Waals surface area contributed by atoms with Crippen LogP contribution in [0, 0.1) is 0 Å². The quantitative estimate of drug-likeness (QED) is 0.853. The first kappa shape index (κ1) is 10.9. The van der Waals surface area contributed by atoms with E-state index in [1.807, 2.05) is 37.5 Å². The molecule has 84 valence electrons. The van der Waals surface area contributed by atoms with Gasteiger partial charge in [0.2, 0.25) is 0 Å². The molecule has 0 fully saturated rings. The maximum Gasteiger partial charge on any atom is 0.125 e. The van der Waals surface area contributed by atoms with Crippen LogP contribution in [0.5, 0.6) is 0 Å². The summed E-state index contributed by atoms with van der Waals surface area (Å²) < 4.78 is 5.75. The van der Waals surface area contributed by atoms with Crippen molar-refractivity contribution in [2.75, 3.05) is 7.05 Å². The van der Waals surface area contributed by atoms with Crippen molar-refractivity contribution in [1.29, 1.82) is 0 Å². The fraction of sp³-hybridized carbons (Fsp3) is 0.308. The Morgan fingerprint density at radius 1 is 1.38 bits per heavy atom. The van der Waals surface area contributed by atoms with Gasteiger partial charge in [0.1, 0.15) is 11.5 Å². The summed E-state index contributed by atoms with van der Waals surface area (Å²) in [7, 11) is 1.92. The molecule has 0 saturated heterocycles. The fourth-order valence-electron chi connectivity index (χ4n) is 1.76. The third-order valence-electron chi connectivity index (χ3n) is 2.62. The smallest absolute Gasteiger partial charge is 0.125 e. The minimum Gasteiger partial charge on any atom is -0.464 e. The van der Waals surface area contributed by atoms with E-state index in [0.717, 1.165) is 23.5 Å². The molecule has 0 spiro atoms. The summed E-state index contributed by atoms with van der Waals surface area (Å²) in [6.45, 7) is 2.08. The van der Waals surface area contributed by atoms with E-state index in [1.165, 1.54) is 0 Å². The molecular weight excluding hydrogens is 200 g/mol. The van der Waals surface area contributed by atoms with E-state index in [-0.39, 0.29) is 6.04 Å². The van der Waals surface area contributed by atoms with E-state index in [9.17, 15) is 0 Å². The monoisotopic (exact) mass is 216 g/mol. The zero-order valence-corrected chi connectivity index (χ0v) is 9.60. The molecule has 0 aromatic carbocycles. The molecule has 1 unspecified atom stereocenters. The van der Waals surface area contributed by atoms with Gasteiger partial charge in [-0.2, -0.15) is 0 Å². The lowest BCUT2D eigenvalue weighted by Gasteiger charge is -2.13. The molecule has 0 aliphatic heterocycles. The normalized spacial score (nSPS) is 12.6. The molecule has 0 aliphatic rings. The average molecular weight is 216 g/mol. The second kappa shape index (κ2) is 4.94. The molecule has 2 aromatic heterocycles. The van der Waals surface area contributed by atoms with Crippen LogP contribution in [-0.2, 0) is 6.42 Å². The Morgan fingerprint density at radius 2 is 2.25 bits per heavy atom. The second-order valence-electron chi connectivity index (χ2n) is 3.67. The molecule has 0 amide bonds. The van der Waals surface area contributed by atoms with Crippen LogP contribution in [0.15, 0.2) is 41.1 Å². The maximum atomic E-state index is 5.75. The van der Waals surface area contributed by atoms with E-state index in [0.29, 0.717) is 0 Å². The lowest BCUT2D eigenvalue weighted by Crippen LogP contribution is -2.17. The van der Waals surface area contributed by atoms with Crippen LogP contribution >= 0.6 is 0 Å². The van der Waals surface area contributed by atoms with Gasteiger partial charge in [0.15, 0.2) is 0 Å². The van der Waals surface area contributed by atoms with Gasteiger partial charge in [-0.05, 0) is 30.8 Å². The summed E-state index contributed by atoms with van der Waals surface area (Å²) in [5, 5.41) is 3.24. The van der Waals surface area contributed by atoms with Crippen molar-refractivity contribution in [3.8, 4) is 0 Å². The van der Waals surface area contributed by atoms with Crippen molar-refractivity contribution in [1.82, 2.24) is 10.3 Å². The van der Waals surface area contributed by atoms with Crippen molar-refractivity contribution in [3.63, 3.8) is 0 Å². The first-order valence-electron chi connectivity index (χ1n) is 5.51. The standard InChI is InChI=1S/C13H16N2O/c1-3-11-6-7-12(16-11)13(14-2)10-5-4-8-15-9-10/h4-9,13-14H,3H2,1-2H3. The number of pyridine rings is 1. The van der Waals surface area contributed by atoms with Crippen LogP contribution in [0.25, 0.3) is 0 Å². The van der Waals surface area contributed by atoms with Gasteiger partial charge in [-0.3, -0.25) is 4.98 Å². The van der Waals surface area contributed by atoms with Gasteiger partial charge in [0.05, 0.1) is 6.04 Å². The van der Waals surface area contributed by atoms with Crippen LogP contribution in [0.2, 0.25) is 0 Å². The number of aryl methyl sites for hydroxylation is 1. The molecule has 0 bridgehead atoms. The van der Waals surface area contributed by atoms with Crippen molar-refractivity contribution < 1.29 is 4.42 Å². The second-order valence-corrected chi connectivity index (χ2v) is 3.67. The Morgan fingerprint density at radius 3 is 2.81 bits per heavy atom. The summed E-state index contributed by atoms with van der Waals surface area (Å²) >= 11 is 0. The topological polar surface area (TPSA) is 38.1 Å². The molecule has 16 heavy (non-hydrogen) atoms. The molecule has 0 aliphatic carbocycles. The molecule has 0 saturated carbocycles. The van der Waals surface area contributed by atoms with E-state index in [1.54, 1.807) is 6.20 Å². The molecule has 3 heteroatoms. The summed E-state index contributed by atoms with van der Waals surface area (Å²) in [6, 6.07) is 8.10. The Kier molecular flexibility index (Phi) is 3.37. The van der Waals surface area contributed by atoms with Gasteiger partial charge in [0.25, 0.3) is 0 Å². The molecule has 3 nitrogen and oxygen atoms in total. The minimum atomic E-state index is 0.0778. The summed E-state index contributed by atoms with van der Waals surface area (Å²) in [5.41, 5.74) is 1.11. The molecule has 2 aromatic rings. The van der Waals surface area contributed by atoms with Crippen LogP contribution in [0.4, 0.5) is 0 Å². The summed E-state index contributed by atoms with van der Waals surface area (Å²) in [4.78, 5) is 4.12. The van der Waals surface area contributed by atoms with E-state index in [4.69, 9.17) is 4.42 Å². The highest BCUT2D eigenvalue weighted by Gasteiger charge is 2.15. The molecule has 1 atom stereocenters. The van der Waals surface area contributed by atoms with Gasteiger partial charge in [-0.15, -0.1) is 0 Å². The number of nitrogens with one attached hydrogen (secondary N) is 1. The first-order chi connectivity index (χ1) is 7.85. The van der Waals surface area contributed by atoms with Crippen molar-refractivity contribution >= 4 is 0 Å². The minimum absolute atomic E-state index is 0.0778. The van der Waals surface area contributed by atoms with E-state index < -0.39 is 0 Å². The summed E-state index contributed by atoms with van der Waals surface area (Å²) in [5.74, 6) is 1.95. The van der Waals surface area contributed by atoms with Gasteiger partial charge < -0.3 is 9.73 Å². The van der Waals surface area contributed by atoms with Crippen molar-refractivity contribution in [2.45, 2.75) is 19.4 Å².